The van der Waals surface area contributed by atoms with Gasteiger partial charge >= 0.3 is 58.5 Å². The first-order valence-corrected chi connectivity index (χ1v) is 6.30. The summed E-state index contributed by atoms with van der Waals surface area (Å²) in [7, 11) is 14.7. The number of rotatable bonds is 0. The molecule has 0 aromatic rings. The summed E-state index contributed by atoms with van der Waals surface area (Å²) in [5.74, 6) is 0. The van der Waals surface area contributed by atoms with Crippen molar-refractivity contribution in [2.24, 2.45) is 0 Å². The Kier molecular flexibility index (Phi) is 892. The Morgan fingerprint density at radius 1 is 0.450 bits per heavy atom. The van der Waals surface area contributed by atoms with Crippen LogP contribution in [0.4, 0.5) is 0 Å². The molecule has 0 rings (SSSR count). The first-order valence-electron chi connectivity index (χ1n) is 1.74. The summed E-state index contributed by atoms with van der Waals surface area (Å²) in [6.07, 6.45) is 0. The number of halogens is 3. The van der Waals surface area contributed by atoms with Crippen LogP contribution in [0.5, 0.6) is 0 Å². The molecule has 0 fully saturated rings. The van der Waals surface area contributed by atoms with Crippen molar-refractivity contribution < 1.29 is 28.2 Å². The van der Waals surface area contributed by atoms with E-state index in [1.165, 1.54) is 0 Å². The van der Waals surface area contributed by atoms with E-state index in [9.17, 15) is 0 Å². The third-order valence-corrected chi connectivity index (χ3v) is 0. The van der Waals surface area contributed by atoms with Gasteiger partial charge in [-0.05, 0) is 0 Å². The van der Waals surface area contributed by atoms with Crippen molar-refractivity contribution in [3.05, 3.63) is 39.4 Å². The van der Waals surface area contributed by atoms with Gasteiger partial charge in [0.05, 0.1) is 0 Å². The molecule has 0 N–H and O–H groups in total. The predicted octanol–water partition coefficient (Wildman–Crippen LogP) is 1.50. The van der Waals surface area contributed by atoms with E-state index < -0.39 is 11.2 Å². The number of hydrogen-bond acceptors (Lipinski definition) is 6. The van der Waals surface area contributed by atoms with E-state index in [1.807, 2.05) is 0 Å². The third-order valence-electron chi connectivity index (χ3n) is 0. The van der Waals surface area contributed by atoms with Crippen molar-refractivity contribution in [3.63, 3.8) is 0 Å². The molecule has 6 nitrogen and oxygen atoms in total. The topological polar surface area (TPSA) is 143 Å². The van der Waals surface area contributed by atoms with Gasteiger partial charge in [-0.25, -0.2) is 0 Å². The van der Waals surface area contributed by atoms with Crippen molar-refractivity contribution in [1.29, 1.82) is 31.6 Å². The van der Waals surface area contributed by atoms with Crippen molar-refractivity contribution in [2.75, 3.05) is 0 Å². The van der Waals surface area contributed by atoms with Gasteiger partial charge < -0.3 is 71.0 Å². The molecule has 0 atom stereocenters. The van der Waals surface area contributed by atoms with Crippen LogP contribution >= 0.6 is 30.3 Å². The van der Waals surface area contributed by atoms with E-state index >= 15 is 0 Å². The molecule has 0 aromatic carbocycles. The van der Waals surface area contributed by atoms with Crippen LogP contribution in [-0.4, -0.2) is 154 Å². The van der Waals surface area contributed by atoms with Crippen molar-refractivity contribution in [2.45, 2.75) is 0 Å². The fourth-order valence-electron chi connectivity index (χ4n) is 0. The molecule has 3 radical (unpaired) electrons. The SMILES string of the molecule is [C-]#N.[C-]#N.[C-]#N.[C-]#N.[C-]#N.[C-]#N.[Cl][Fe]([Cl])[Cl].[Fe+6].[K].[K].[K]. The summed E-state index contributed by atoms with van der Waals surface area (Å²) < 4.78 is 0. The summed E-state index contributed by atoms with van der Waals surface area (Å²) in [4.78, 5) is 0. The third kappa shape index (κ3) is 664. The average molecular weight is 491 g/mol. The first-order chi connectivity index (χ1) is 7.73. The summed E-state index contributed by atoms with van der Waals surface area (Å²) in [6.45, 7) is 28.5. The molecule has 0 spiro atoms. The smallest absolute Gasteiger partial charge is 0 e. The molecule has 0 aliphatic rings. The van der Waals surface area contributed by atoms with E-state index in [0.29, 0.717) is 0 Å². The summed E-state index contributed by atoms with van der Waals surface area (Å²) in [6, 6.07) is 0. The van der Waals surface area contributed by atoms with Crippen LogP contribution in [0.25, 0.3) is 0 Å². The number of nitrogens with zero attached hydrogens (tertiary/aromatic N) is 6. The van der Waals surface area contributed by atoms with Gasteiger partial charge in [-0.3, -0.25) is 0 Å². The molecule has 14 heteroatoms. The molecule has 0 aliphatic carbocycles. The van der Waals surface area contributed by atoms with E-state index in [4.69, 9.17) is 101 Å². The zero-order chi connectivity index (χ0) is 15.6. The van der Waals surface area contributed by atoms with Crippen LogP contribution in [0.1, 0.15) is 0 Å². The van der Waals surface area contributed by atoms with Crippen molar-refractivity contribution >= 4 is 184 Å². The van der Waals surface area contributed by atoms with Gasteiger partial charge in [0.15, 0.2) is 0 Å². The molecule has 0 aliphatic heterocycles. The Labute approximate surface area is 276 Å². The fraction of sp³-hybridized carbons (Fsp3) is 0. The molecule has 0 amide bonds. The Hall–Kier alpha value is 3.76. The zero-order valence-corrected chi connectivity index (χ0v) is 24.4. The minimum absolute atomic E-state index is 0. The Morgan fingerprint density at radius 2 is 0.450 bits per heavy atom. The van der Waals surface area contributed by atoms with Gasteiger partial charge in [0.25, 0.3) is 0 Å². The second kappa shape index (κ2) is 236. The molecular formula is C6Cl3Fe2K3N6. The fourth-order valence-corrected chi connectivity index (χ4v) is 0. The standard InChI is InChI=1S/6CN.3ClH.2Fe.3K/c6*1-2;;;;;;;;/h;;;;;;3*1H;;;;;/q6*-1;;;;+3;+6;;;/p-3. The van der Waals surface area contributed by atoms with Crippen LogP contribution in [0.2, 0.25) is 0 Å². The predicted molar refractivity (Wildman–Crippen MR) is 64.6 cm³/mol. The van der Waals surface area contributed by atoms with Gasteiger partial charge in [0.2, 0.25) is 0 Å². The molecule has 0 saturated heterocycles. The second-order valence-electron chi connectivity index (χ2n) is 0.152. The minimum atomic E-state index is -1.33. The summed E-state index contributed by atoms with van der Waals surface area (Å²) in [5, 5.41) is 37.5. The van der Waals surface area contributed by atoms with E-state index in [0.717, 1.165) is 0 Å². The van der Waals surface area contributed by atoms with Crippen LogP contribution in [0, 0.1) is 71.0 Å². The molecule has 20 heavy (non-hydrogen) atoms. The van der Waals surface area contributed by atoms with Gasteiger partial charge in [0.1, 0.15) is 0 Å². The zero-order valence-electron chi connectivity index (χ0n) is 10.5. The van der Waals surface area contributed by atoms with Crippen molar-refractivity contribution in [1.82, 2.24) is 0 Å². The maximum atomic E-state index is 6.25. The quantitative estimate of drug-likeness (QED) is 0.371. The largest absolute Gasteiger partial charge is 6.00 e. The monoisotopic (exact) mass is 490 g/mol. The van der Waals surface area contributed by atoms with Gasteiger partial charge in [-0.1, -0.05) is 0 Å². The Balaban J connectivity index is -0.00000000521. The van der Waals surface area contributed by atoms with Crippen LogP contribution in [-0.2, 0) is 28.2 Å². The molecule has 0 unspecified atom stereocenters. The maximum absolute atomic E-state index is 6.25. The molecule has 0 aromatic heterocycles. The maximum Gasteiger partial charge on any atom is 6.00 e. The Morgan fingerprint density at radius 3 is 0.450 bits per heavy atom. The molecule has 0 saturated carbocycles. The normalized spacial score (nSPS) is 2.85. The van der Waals surface area contributed by atoms with E-state index in [1.54, 1.807) is 0 Å². The first kappa shape index (κ1) is 75.6. The van der Waals surface area contributed by atoms with Crippen LogP contribution in [0.3, 0.4) is 0 Å². The summed E-state index contributed by atoms with van der Waals surface area (Å²) in [5.41, 5.74) is 0. The van der Waals surface area contributed by atoms with Gasteiger partial charge in [-0.15, -0.1) is 0 Å². The van der Waals surface area contributed by atoms with Gasteiger partial charge in [-0.2, -0.15) is 0 Å². The minimum Gasteiger partial charge on any atom is 0 e. The van der Waals surface area contributed by atoms with Crippen molar-refractivity contribution in [3.8, 4) is 0 Å². The molecule has 0 bridgehead atoms. The Bertz CT molecular complexity index is 149. The molecule has 0 heterocycles. The van der Waals surface area contributed by atoms with E-state index in [-0.39, 0.29) is 171 Å². The molecule has 94 valence electrons. The van der Waals surface area contributed by atoms with E-state index in [2.05, 4.69) is 0 Å². The van der Waals surface area contributed by atoms with Gasteiger partial charge in [0, 0.05) is 154 Å². The van der Waals surface area contributed by atoms with Crippen LogP contribution < -0.4 is 0 Å². The second-order valence-corrected chi connectivity index (χ2v) is 5.62. The van der Waals surface area contributed by atoms with Crippen LogP contribution in [0.15, 0.2) is 0 Å². The summed E-state index contributed by atoms with van der Waals surface area (Å²) >= 11 is -1.33. The average Bonchev–Trinajstić information content (AvgIpc) is 2.42. The number of hydrogen-bond donors (Lipinski definition) is 0. The molecular weight excluding hydrogens is 491 g/mol.